The molecule has 2 rings (SSSR count). The lowest BCUT2D eigenvalue weighted by Gasteiger charge is -2.14. The van der Waals surface area contributed by atoms with E-state index in [4.69, 9.17) is 4.42 Å². The summed E-state index contributed by atoms with van der Waals surface area (Å²) >= 11 is 3.44. The third-order valence-corrected chi connectivity index (χ3v) is 2.90. The number of hydrogen-bond donors (Lipinski definition) is 0. The van der Waals surface area contributed by atoms with E-state index in [1.807, 2.05) is 4.90 Å². The molecule has 1 saturated heterocycles. The fraction of sp³-hybridized carbons (Fsp3) is 0.556. The fourth-order valence-electron chi connectivity index (χ4n) is 1.55. The molecule has 0 radical (unpaired) electrons. The zero-order valence-electron chi connectivity index (χ0n) is 7.65. The van der Waals surface area contributed by atoms with E-state index < -0.39 is 0 Å². The van der Waals surface area contributed by atoms with Crippen LogP contribution in [0.3, 0.4) is 0 Å². The van der Waals surface area contributed by atoms with Gasteiger partial charge in [-0.15, -0.1) is 0 Å². The molecule has 1 aromatic heterocycles. The Morgan fingerprint density at radius 3 is 3.14 bits per heavy atom. The molecule has 1 atom stereocenters. The quantitative estimate of drug-likeness (QED) is 0.766. The molecule has 0 aromatic carbocycles. The average molecular weight is 259 g/mol. The van der Waals surface area contributed by atoms with E-state index in [0.717, 1.165) is 25.2 Å². The molecular formula is C9H11BrN2O2. The maximum atomic E-state index is 11.4. The average Bonchev–Trinajstić information content (AvgIpc) is 2.72. The normalized spacial score (nSPS) is 21.9. The smallest absolute Gasteiger partial charge is 0.223 e. The SMILES string of the molecule is O=C1CC(Br)CN1CCc1cocn1. The van der Waals surface area contributed by atoms with Crippen LogP contribution < -0.4 is 0 Å². The van der Waals surface area contributed by atoms with Crippen LogP contribution in [0.1, 0.15) is 12.1 Å². The second-order valence-electron chi connectivity index (χ2n) is 3.37. The van der Waals surface area contributed by atoms with Gasteiger partial charge in [0.05, 0.1) is 5.69 Å². The predicted octanol–water partition coefficient (Wildman–Crippen LogP) is 1.21. The first-order valence-corrected chi connectivity index (χ1v) is 5.46. The van der Waals surface area contributed by atoms with E-state index in [-0.39, 0.29) is 5.91 Å². The molecule has 76 valence electrons. The van der Waals surface area contributed by atoms with Crippen molar-refractivity contribution in [3.8, 4) is 0 Å². The minimum Gasteiger partial charge on any atom is -0.451 e. The first kappa shape index (κ1) is 9.71. The summed E-state index contributed by atoms with van der Waals surface area (Å²) in [6.07, 6.45) is 4.40. The number of oxazole rings is 1. The molecule has 0 N–H and O–H groups in total. The highest BCUT2D eigenvalue weighted by Gasteiger charge is 2.27. The van der Waals surface area contributed by atoms with Crippen LogP contribution in [0.4, 0.5) is 0 Å². The zero-order chi connectivity index (χ0) is 9.97. The fourth-order valence-corrected chi connectivity index (χ4v) is 2.18. The Hall–Kier alpha value is -0.840. The van der Waals surface area contributed by atoms with Gasteiger partial charge in [0.25, 0.3) is 0 Å². The molecular weight excluding hydrogens is 248 g/mol. The summed E-state index contributed by atoms with van der Waals surface area (Å²) in [5.74, 6) is 0.218. The lowest BCUT2D eigenvalue weighted by molar-refractivity contribution is -0.127. The molecule has 14 heavy (non-hydrogen) atoms. The van der Waals surface area contributed by atoms with E-state index in [1.54, 1.807) is 6.26 Å². The van der Waals surface area contributed by atoms with Crippen LogP contribution in [0.2, 0.25) is 0 Å². The van der Waals surface area contributed by atoms with Crippen LogP contribution in [0.5, 0.6) is 0 Å². The number of likely N-dealkylation sites (tertiary alicyclic amines) is 1. The molecule has 1 amide bonds. The summed E-state index contributed by atoms with van der Waals surface area (Å²) in [5, 5.41) is 0. The Bertz CT molecular complexity index is 313. The minimum atomic E-state index is 0.218. The Balaban J connectivity index is 1.84. The van der Waals surface area contributed by atoms with Crippen LogP contribution in [-0.4, -0.2) is 33.7 Å². The summed E-state index contributed by atoms with van der Waals surface area (Å²) < 4.78 is 4.85. The summed E-state index contributed by atoms with van der Waals surface area (Å²) in [6, 6.07) is 0. The Morgan fingerprint density at radius 1 is 1.71 bits per heavy atom. The van der Waals surface area contributed by atoms with Crippen LogP contribution in [-0.2, 0) is 11.2 Å². The third-order valence-electron chi connectivity index (χ3n) is 2.29. The molecule has 4 nitrogen and oxygen atoms in total. The molecule has 2 heterocycles. The van der Waals surface area contributed by atoms with E-state index in [2.05, 4.69) is 20.9 Å². The van der Waals surface area contributed by atoms with Crippen molar-refractivity contribution in [3.05, 3.63) is 18.4 Å². The van der Waals surface area contributed by atoms with Gasteiger partial charge in [-0.3, -0.25) is 4.79 Å². The number of alkyl halides is 1. The summed E-state index contributed by atoms with van der Waals surface area (Å²) in [4.78, 5) is 17.6. The van der Waals surface area contributed by atoms with Gasteiger partial charge in [0.1, 0.15) is 6.26 Å². The van der Waals surface area contributed by atoms with Crippen LogP contribution >= 0.6 is 15.9 Å². The second kappa shape index (κ2) is 4.13. The van der Waals surface area contributed by atoms with Crippen molar-refractivity contribution in [1.82, 2.24) is 9.88 Å². The topological polar surface area (TPSA) is 46.3 Å². The number of hydrogen-bond acceptors (Lipinski definition) is 3. The van der Waals surface area contributed by atoms with Crippen LogP contribution in [0, 0.1) is 0 Å². The number of carbonyl (C=O) groups excluding carboxylic acids is 1. The molecule has 0 bridgehead atoms. The highest BCUT2D eigenvalue weighted by atomic mass is 79.9. The van der Waals surface area contributed by atoms with Crippen molar-refractivity contribution in [2.24, 2.45) is 0 Å². The van der Waals surface area contributed by atoms with Crippen molar-refractivity contribution < 1.29 is 9.21 Å². The first-order chi connectivity index (χ1) is 6.75. The van der Waals surface area contributed by atoms with Gasteiger partial charge in [-0.25, -0.2) is 4.98 Å². The summed E-state index contributed by atoms with van der Waals surface area (Å²) in [6.45, 7) is 1.53. The van der Waals surface area contributed by atoms with Gasteiger partial charge in [-0.2, -0.15) is 0 Å². The van der Waals surface area contributed by atoms with Crippen molar-refractivity contribution >= 4 is 21.8 Å². The molecule has 1 aliphatic heterocycles. The van der Waals surface area contributed by atoms with Gasteiger partial charge in [0.15, 0.2) is 6.39 Å². The zero-order valence-corrected chi connectivity index (χ0v) is 9.24. The monoisotopic (exact) mass is 258 g/mol. The minimum absolute atomic E-state index is 0.218. The van der Waals surface area contributed by atoms with Crippen molar-refractivity contribution in [2.45, 2.75) is 17.7 Å². The standard InChI is InChI=1S/C9H11BrN2O2/c10-7-3-9(13)12(4-7)2-1-8-5-14-6-11-8/h5-7H,1-4H2. The van der Waals surface area contributed by atoms with E-state index in [1.165, 1.54) is 6.39 Å². The highest BCUT2D eigenvalue weighted by Crippen LogP contribution is 2.17. The molecule has 1 aromatic rings. The van der Waals surface area contributed by atoms with E-state index in [9.17, 15) is 4.79 Å². The van der Waals surface area contributed by atoms with Gasteiger partial charge in [-0.05, 0) is 0 Å². The third kappa shape index (κ3) is 2.15. The number of nitrogens with zero attached hydrogens (tertiary/aromatic N) is 2. The lowest BCUT2D eigenvalue weighted by Crippen LogP contribution is -2.27. The molecule has 0 aliphatic carbocycles. The predicted molar refractivity (Wildman–Crippen MR) is 54.1 cm³/mol. The Kier molecular flexibility index (Phi) is 2.86. The lowest BCUT2D eigenvalue weighted by atomic mass is 10.3. The molecule has 1 unspecified atom stereocenters. The van der Waals surface area contributed by atoms with Crippen LogP contribution in [0.15, 0.2) is 17.1 Å². The Labute approximate surface area is 90.4 Å². The van der Waals surface area contributed by atoms with Crippen molar-refractivity contribution in [2.75, 3.05) is 13.1 Å². The second-order valence-corrected chi connectivity index (χ2v) is 4.67. The molecule has 5 heteroatoms. The van der Waals surface area contributed by atoms with Gasteiger partial charge in [0, 0.05) is 30.8 Å². The largest absolute Gasteiger partial charge is 0.451 e. The number of halogens is 1. The number of rotatable bonds is 3. The molecule has 1 fully saturated rings. The maximum absolute atomic E-state index is 11.4. The van der Waals surface area contributed by atoms with Gasteiger partial charge < -0.3 is 9.32 Å². The molecule has 0 spiro atoms. The van der Waals surface area contributed by atoms with E-state index in [0.29, 0.717) is 11.2 Å². The Morgan fingerprint density at radius 2 is 2.57 bits per heavy atom. The van der Waals surface area contributed by atoms with Gasteiger partial charge >= 0.3 is 0 Å². The number of amides is 1. The summed E-state index contributed by atoms with van der Waals surface area (Å²) in [7, 11) is 0. The maximum Gasteiger partial charge on any atom is 0.223 e. The van der Waals surface area contributed by atoms with Crippen molar-refractivity contribution in [3.63, 3.8) is 0 Å². The van der Waals surface area contributed by atoms with Crippen LogP contribution in [0.25, 0.3) is 0 Å². The summed E-state index contributed by atoms with van der Waals surface area (Å²) in [5.41, 5.74) is 0.899. The van der Waals surface area contributed by atoms with Crippen molar-refractivity contribution in [1.29, 1.82) is 0 Å². The first-order valence-electron chi connectivity index (χ1n) is 4.54. The van der Waals surface area contributed by atoms with E-state index >= 15 is 0 Å². The number of carbonyl (C=O) groups is 1. The number of aromatic nitrogens is 1. The van der Waals surface area contributed by atoms with Gasteiger partial charge in [-0.1, -0.05) is 15.9 Å². The molecule has 0 saturated carbocycles. The highest BCUT2D eigenvalue weighted by molar-refractivity contribution is 9.09. The van der Waals surface area contributed by atoms with Gasteiger partial charge in [0.2, 0.25) is 5.91 Å². The molecule has 1 aliphatic rings.